The number of rotatable bonds is 2. The summed E-state index contributed by atoms with van der Waals surface area (Å²) in [5, 5.41) is 10.7. The molecule has 0 atom stereocenters. The number of hydrogen-bond acceptors (Lipinski definition) is 2. The Morgan fingerprint density at radius 1 is 1.31 bits per heavy atom. The van der Waals surface area contributed by atoms with Gasteiger partial charge in [-0.2, -0.15) is 0 Å². The Bertz CT molecular complexity index is 354. The third-order valence-electron chi connectivity index (χ3n) is 1.46. The van der Waals surface area contributed by atoms with Crippen LogP contribution in [0.2, 0.25) is 10.0 Å². The molecule has 0 aliphatic heterocycles. The number of nitro groups is 1. The summed E-state index contributed by atoms with van der Waals surface area (Å²) >= 11 is 16.8. The van der Waals surface area contributed by atoms with Gasteiger partial charge in [-0.15, -0.1) is 11.6 Å². The second-order valence-electron chi connectivity index (χ2n) is 2.29. The highest BCUT2D eigenvalue weighted by Gasteiger charge is 2.15. The lowest BCUT2D eigenvalue weighted by molar-refractivity contribution is -0.384. The molecule has 0 heterocycles. The molecule has 0 aliphatic rings. The minimum atomic E-state index is -0.591. The van der Waals surface area contributed by atoms with Crippen molar-refractivity contribution in [1.29, 1.82) is 0 Å². The van der Waals surface area contributed by atoms with Crippen LogP contribution in [-0.2, 0) is 5.88 Å². The van der Waals surface area contributed by atoms with Gasteiger partial charge in [0.25, 0.3) is 5.69 Å². The van der Waals surface area contributed by atoms with Crippen molar-refractivity contribution in [2.24, 2.45) is 0 Å². The average Bonchev–Trinajstić information content (AvgIpc) is 2.07. The van der Waals surface area contributed by atoms with E-state index in [1.54, 1.807) is 0 Å². The topological polar surface area (TPSA) is 43.1 Å². The van der Waals surface area contributed by atoms with E-state index in [2.05, 4.69) is 0 Å². The highest BCUT2D eigenvalue weighted by atomic mass is 35.5. The minimum Gasteiger partial charge on any atom is -0.258 e. The van der Waals surface area contributed by atoms with E-state index in [9.17, 15) is 10.1 Å². The Morgan fingerprint density at radius 2 is 1.92 bits per heavy atom. The maximum Gasteiger partial charge on any atom is 0.289 e. The van der Waals surface area contributed by atoms with Crippen molar-refractivity contribution in [3.63, 3.8) is 0 Å². The van der Waals surface area contributed by atoms with Gasteiger partial charge >= 0.3 is 0 Å². The summed E-state index contributed by atoms with van der Waals surface area (Å²) in [6.07, 6.45) is 0. The van der Waals surface area contributed by atoms with Crippen LogP contribution in [0.5, 0.6) is 0 Å². The highest BCUT2D eigenvalue weighted by molar-refractivity contribution is 6.35. The van der Waals surface area contributed by atoms with Crippen LogP contribution in [0.4, 0.5) is 5.69 Å². The van der Waals surface area contributed by atoms with E-state index in [1.807, 2.05) is 0 Å². The fourth-order valence-electron chi connectivity index (χ4n) is 0.820. The first-order chi connectivity index (χ1) is 6.06. The number of alkyl halides is 1. The molecule has 0 spiro atoms. The molecule has 0 saturated heterocycles. The van der Waals surface area contributed by atoms with Crippen molar-refractivity contribution >= 4 is 40.5 Å². The quantitative estimate of drug-likeness (QED) is 0.450. The predicted octanol–water partition coefficient (Wildman–Crippen LogP) is 3.64. The van der Waals surface area contributed by atoms with Crippen molar-refractivity contribution in [2.75, 3.05) is 0 Å². The molecule has 0 fully saturated rings. The van der Waals surface area contributed by atoms with E-state index in [0.29, 0.717) is 5.56 Å². The maximum atomic E-state index is 10.4. The van der Waals surface area contributed by atoms with Crippen LogP contribution in [-0.4, -0.2) is 4.92 Å². The maximum absolute atomic E-state index is 10.4. The SMILES string of the molecule is O=[N+]([O-])c1cc(Cl)c(CCl)cc1Cl. The number of benzene rings is 1. The van der Waals surface area contributed by atoms with Crippen LogP contribution in [0.1, 0.15) is 5.56 Å². The van der Waals surface area contributed by atoms with Crippen molar-refractivity contribution < 1.29 is 4.92 Å². The van der Waals surface area contributed by atoms with Gasteiger partial charge in [-0.1, -0.05) is 23.2 Å². The zero-order chi connectivity index (χ0) is 10.0. The van der Waals surface area contributed by atoms with E-state index in [0.717, 1.165) is 0 Å². The first-order valence-electron chi connectivity index (χ1n) is 3.24. The molecule has 13 heavy (non-hydrogen) atoms. The molecule has 6 heteroatoms. The molecule has 1 aromatic carbocycles. The Balaban J connectivity index is 3.28. The molecule has 0 unspecified atom stereocenters. The molecular weight excluding hydrogens is 236 g/mol. The molecule has 0 saturated carbocycles. The standard InChI is InChI=1S/C7H4Cl3NO2/c8-3-4-1-6(10)7(11(12)13)2-5(4)9/h1-2H,3H2. The second-order valence-corrected chi connectivity index (χ2v) is 3.37. The third-order valence-corrected chi connectivity index (χ3v) is 2.40. The van der Waals surface area contributed by atoms with Crippen molar-refractivity contribution in [3.8, 4) is 0 Å². The van der Waals surface area contributed by atoms with Gasteiger partial charge in [0, 0.05) is 11.9 Å². The summed E-state index contributed by atoms with van der Waals surface area (Å²) in [5.41, 5.74) is 0.375. The summed E-state index contributed by atoms with van der Waals surface area (Å²) in [6.45, 7) is 0. The van der Waals surface area contributed by atoms with E-state index < -0.39 is 4.92 Å². The van der Waals surface area contributed by atoms with Crippen LogP contribution in [0.3, 0.4) is 0 Å². The van der Waals surface area contributed by atoms with E-state index >= 15 is 0 Å². The van der Waals surface area contributed by atoms with Crippen molar-refractivity contribution in [1.82, 2.24) is 0 Å². The van der Waals surface area contributed by atoms with Crippen molar-refractivity contribution in [3.05, 3.63) is 37.9 Å². The summed E-state index contributed by atoms with van der Waals surface area (Å²) in [5.74, 6) is 0.177. The molecule has 0 amide bonds. The molecule has 1 rings (SSSR count). The smallest absolute Gasteiger partial charge is 0.258 e. The average molecular weight is 240 g/mol. The lowest BCUT2D eigenvalue weighted by Crippen LogP contribution is -1.91. The Kier molecular flexibility index (Phi) is 3.36. The van der Waals surface area contributed by atoms with Gasteiger partial charge in [-0.3, -0.25) is 10.1 Å². The predicted molar refractivity (Wildman–Crippen MR) is 52.7 cm³/mol. The summed E-state index contributed by atoms with van der Waals surface area (Å²) in [6, 6.07) is 2.59. The molecular formula is C7H4Cl3NO2. The molecule has 0 aliphatic carbocycles. The minimum absolute atomic E-state index is 0.0463. The van der Waals surface area contributed by atoms with Gasteiger partial charge < -0.3 is 0 Å². The lowest BCUT2D eigenvalue weighted by Gasteiger charge is -2.00. The van der Waals surface area contributed by atoms with Gasteiger partial charge in [0.15, 0.2) is 0 Å². The largest absolute Gasteiger partial charge is 0.289 e. The Hall–Kier alpha value is -0.510. The van der Waals surface area contributed by atoms with Crippen LogP contribution in [0.25, 0.3) is 0 Å². The van der Waals surface area contributed by atoms with Gasteiger partial charge in [-0.25, -0.2) is 0 Å². The normalized spacial score (nSPS) is 10.1. The number of nitrogens with zero attached hydrogens (tertiary/aromatic N) is 1. The van der Waals surface area contributed by atoms with Gasteiger partial charge in [0.1, 0.15) is 5.02 Å². The fourth-order valence-corrected chi connectivity index (χ4v) is 1.59. The molecule has 3 nitrogen and oxygen atoms in total. The van der Waals surface area contributed by atoms with Crippen LogP contribution >= 0.6 is 34.8 Å². The Morgan fingerprint density at radius 3 is 2.38 bits per heavy atom. The second kappa shape index (κ2) is 4.13. The molecule has 0 bridgehead atoms. The molecule has 70 valence electrons. The van der Waals surface area contributed by atoms with E-state index in [1.165, 1.54) is 12.1 Å². The first kappa shape index (κ1) is 10.6. The van der Waals surface area contributed by atoms with Gasteiger partial charge in [0.2, 0.25) is 0 Å². The molecule has 1 aromatic rings. The zero-order valence-corrected chi connectivity index (χ0v) is 8.53. The molecule has 0 radical (unpaired) electrons. The van der Waals surface area contributed by atoms with E-state index in [4.69, 9.17) is 34.8 Å². The van der Waals surface area contributed by atoms with Gasteiger partial charge in [-0.05, 0) is 11.6 Å². The van der Waals surface area contributed by atoms with Gasteiger partial charge in [0.05, 0.1) is 9.95 Å². The summed E-state index contributed by atoms with van der Waals surface area (Å²) in [7, 11) is 0. The molecule has 0 aromatic heterocycles. The lowest BCUT2D eigenvalue weighted by atomic mass is 10.2. The summed E-state index contributed by atoms with van der Waals surface area (Å²) in [4.78, 5) is 9.81. The summed E-state index contributed by atoms with van der Waals surface area (Å²) < 4.78 is 0. The van der Waals surface area contributed by atoms with Crippen LogP contribution in [0, 0.1) is 10.1 Å². The third kappa shape index (κ3) is 2.24. The number of halogens is 3. The number of nitro benzene ring substituents is 1. The number of hydrogen-bond donors (Lipinski definition) is 0. The monoisotopic (exact) mass is 239 g/mol. The van der Waals surface area contributed by atoms with Crippen molar-refractivity contribution in [2.45, 2.75) is 5.88 Å². The highest BCUT2D eigenvalue weighted by Crippen LogP contribution is 2.31. The first-order valence-corrected chi connectivity index (χ1v) is 4.53. The fraction of sp³-hybridized carbons (Fsp3) is 0.143. The molecule has 0 N–H and O–H groups in total. The zero-order valence-electron chi connectivity index (χ0n) is 6.26. The van der Waals surface area contributed by atoms with Crippen LogP contribution < -0.4 is 0 Å². The van der Waals surface area contributed by atoms with E-state index in [-0.39, 0.29) is 21.6 Å². The van der Waals surface area contributed by atoms with Crippen LogP contribution in [0.15, 0.2) is 12.1 Å². The Labute approximate surface area is 89.4 Å².